The zero-order chi connectivity index (χ0) is 13.1. The summed E-state index contributed by atoms with van der Waals surface area (Å²) < 4.78 is 5.35. The van der Waals surface area contributed by atoms with Gasteiger partial charge in [-0.3, -0.25) is 4.79 Å². The fourth-order valence-electron chi connectivity index (χ4n) is 1.25. The Labute approximate surface area is 105 Å². The lowest BCUT2D eigenvalue weighted by atomic mass is 10.1. The van der Waals surface area contributed by atoms with Crippen LogP contribution in [0.1, 0.15) is 47.0 Å². The first-order valence-corrected chi connectivity index (χ1v) is 6.55. The molecule has 4 heteroatoms. The van der Waals surface area contributed by atoms with Gasteiger partial charge in [0.25, 0.3) is 0 Å². The normalized spacial score (nSPS) is 11.5. The highest BCUT2D eigenvalue weighted by atomic mass is 16.5. The first kappa shape index (κ1) is 16.4. The van der Waals surface area contributed by atoms with Crippen molar-refractivity contribution in [2.75, 3.05) is 26.3 Å². The minimum absolute atomic E-state index is 0.0730. The van der Waals surface area contributed by atoms with Crippen molar-refractivity contribution in [3.63, 3.8) is 0 Å². The highest BCUT2D eigenvalue weighted by Crippen LogP contribution is 1.97. The molecular formula is C13H28N2O2. The van der Waals surface area contributed by atoms with Gasteiger partial charge in [0, 0.05) is 31.7 Å². The average molecular weight is 244 g/mol. The van der Waals surface area contributed by atoms with Gasteiger partial charge in [0.1, 0.15) is 0 Å². The standard InChI is InChI=1S/C13H28N2O2/c1-5-6-10-17-11-9-14-12(16)7-8-15-13(2,3)4/h15H,5-11H2,1-4H3,(H,14,16). The number of nitrogens with one attached hydrogen (secondary N) is 2. The SMILES string of the molecule is CCCCOCCNC(=O)CCNC(C)(C)C. The third-order valence-electron chi connectivity index (χ3n) is 2.22. The van der Waals surface area contributed by atoms with E-state index in [9.17, 15) is 4.79 Å². The number of carbonyl (C=O) groups is 1. The van der Waals surface area contributed by atoms with Gasteiger partial charge in [-0.25, -0.2) is 0 Å². The molecule has 0 radical (unpaired) electrons. The van der Waals surface area contributed by atoms with Crippen molar-refractivity contribution in [3.8, 4) is 0 Å². The Balaban J connectivity index is 3.29. The van der Waals surface area contributed by atoms with E-state index >= 15 is 0 Å². The monoisotopic (exact) mass is 244 g/mol. The molecule has 0 saturated carbocycles. The van der Waals surface area contributed by atoms with Gasteiger partial charge in [-0.05, 0) is 27.2 Å². The van der Waals surface area contributed by atoms with Gasteiger partial charge < -0.3 is 15.4 Å². The molecule has 2 N–H and O–H groups in total. The molecule has 0 unspecified atom stereocenters. The first-order valence-electron chi connectivity index (χ1n) is 6.55. The summed E-state index contributed by atoms with van der Waals surface area (Å²) in [6.07, 6.45) is 2.75. The summed E-state index contributed by atoms with van der Waals surface area (Å²) in [7, 11) is 0. The van der Waals surface area contributed by atoms with E-state index in [-0.39, 0.29) is 11.4 Å². The van der Waals surface area contributed by atoms with E-state index in [2.05, 4.69) is 38.3 Å². The lowest BCUT2D eigenvalue weighted by Gasteiger charge is -2.20. The van der Waals surface area contributed by atoms with E-state index in [0.29, 0.717) is 26.1 Å². The van der Waals surface area contributed by atoms with Crippen LogP contribution < -0.4 is 10.6 Å². The second-order valence-electron chi connectivity index (χ2n) is 5.24. The summed E-state index contributed by atoms with van der Waals surface area (Å²) in [4.78, 5) is 11.4. The van der Waals surface area contributed by atoms with Crippen LogP contribution in [0.4, 0.5) is 0 Å². The van der Waals surface area contributed by atoms with Gasteiger partial charge in [-0.2, -0.15) is 0 Å². The molecule has 4 nitrogen and oxygen atoms in total. The third-order valence-corrected chi connectivity index (χ3v) is 2.22. The molecule has 0 saturated heterocycles. The highest BCUT2D eigenvalue weighted by Gasteiger charge is 2.09. The lowest BCUT2D eigenvalue weighted by Crippen LogP contribution is -2.38. The molecule has 17 heavy (non-hydrogen) atoms. The molecule has 0 aromatic heterocycles. The van der Waals surface area contributed by atoms with E-state index in [0.717, 1.165) is 19.4 Å². The molecule has 1 amide bonds. The zero-order valence-corrected chi connectivity index (χ0v) is 11.8. The fraction of sp³-hybridized carbons (Fsp3) is 0.923. The number of amides is 1. The van der Waals surface area contributed by atoms with Crippen molar-refractivity contribution in [2.24, 2.45) is 0 Å². The summed E-state index contributed by atoms with van der Waals surface area (Å²) in [6.45, 7) is 11.1. The van der Waals surface area contributed by atoms with Crippen molar-refractivity contribution in [1.29, 1.82) is 0 Å². The maximum atomic E-state index is 11.4. The average Bonchev–Trinajstić information content (AvgIpc) is 2.21. The summed E-state index contributed by atoms with van der Waals surface area (Å²) >= 11 is 0. The van der Waals surface area contributed by atoms with Gasteiger partial charge in [-0.15, -0.1) is 0 Å². The Morgan fingerprint density at radius 2 is 1.88 bits per heavy atom. The summed E-state index contributed by atoms with van der Waals surface area (Å²) in [5.74, 6) is 0.0841. The van der Waals surface area contributed by atoms with Crippen LogP contribution in [0.5, 0.6) is 0 Å². The van der Waals surface area contributed by atoms with Crippen molar-refractivity contribution >= 4 is 5.91 Å². The van der Waals surface area contributed by atoms with Gasteiger partial charge >= 0.3 is 0 Å². The predicted molar refractivity (Wildman–Crippen MR) is 71.1 cm³/mol. The van der Waals surface area contributed by atoms with Crippen LogP contribution in [0, 0.1) is 0 Å². The molecule has 0 aromatic rings. The van der Waals surface area contributed by atoms with E-state index in [1.807, 2.05) is 0 Å². The summed E-state index contributed by atoms with van der Waals surface area (Å²) in [5.41, 5.74) is 0.0730. The molecule has 0 fully saturated rings. The Kier molecular flexibility index (Phi) is 9.09. The lowest BCUT2D eigenvalue weighted by molar-refractivity contribution is -0.121. The number of rotatable bonds is 9. The summed E-state index contributed by atoms with van der Waals surface area (Å²) in [6, 6.07) is 0. The molecule has 0 aromatic carbocycles. The summed E-state index contributed by atoms with van der Waals surface area (Å²) in [5, 5.41) is 6.12. The van der Waals surface area contributed by atoms with E-state index in [1.54, 1.807) is 0 Å². The minimum atomic E-state index is 0.0730. The van der Waals surface area contributed by atoms with E-state index in [4.69, 9.17) is 4.74 Å². The van der Waals surface area contributed by atoms with Crippen LogP contribution in [-0.4, -0.2) is 37.7 Å². The van der Waals surface area contributed by atoms with E-state index in [1.165, 1.54) is 0 Å². The van der Waals surface area contributed by atoms with Crippen LogP contribution in [0.25, 0.3) is 0 Å². The number of hydrogen-bond acceptors (Lipinski definition) is 3. The molecule has 0 heterocycles. The van der Waals surface area contributed by atoms with Crippen LogP contribution in [0.15, 0.2) is 0 Å². The zero-order valence-electron chi connectivity index (χ0n) is 11.8. The van der Waals surface area contributed by atoms with Crippen LogP contribution >= 0.6 is 0 Å². The fourth-order valence-corrected chi connectivity index (χ4v) is 1.25. The Hall–Kier alpha value is -0.610. The minimum Gasteiger partial charge on any atom is -0.380 e. The third kappa shape index (κ3) is 13.3. The van der Waals surface area contributed by atoms with Crippen molar-refractivity contribution in [2.45, 2.75) is 52.5 Å². The molecule has 0 aliphatic rings. The Bertz CT molecular complexity index is 200. The van der Waals surface area contributed by atoms with Gasteiger partial charge in [0.2, 0.25) is 5.91 Å². The topological polar surface area (TPSA) is 50.4 Å². The first-order chi connectivity index (χ1) is 7.95. The van der Waals surface area contributed by atoms with Crippen LogP contribution in [-0.2, 0) is 9.53 Å². The highest BCUT2D eigenvalue weighted by molar-refractivity contribution is 5.76. The van der Waals surface area contributed by atoms with Gasteiger partial charge in [0.15, 0.2) is 0 Å². The maximum absolute atomic E-state index is 11.4. The molecule has 102 valence electrons. The predicted octanol–water partition coefficient (Wildman–Crippen LogP) is 1.70. The van der Waals surface area contributed by atoms with Gasteiger partial charge in [-0.1, -0.05) is 13.3 Å². The largest absolute Gasteiger partial charge is 0.380 e. The van der Waals surface area contributed by atoms with Crippen molar-refractivity contribution < 1.29 is 9.53 Å². The van der Waals surface area contributed by atoms with Crippen LogP contribution in [0.2, 0.25) is 0 Å². The molecule has 0 bridgehead atoms. The quantitative estimate of drug-likeness (QED) is 0.607. The molecule has 0 aliphatic carbocycles. The smallest absolute Gasteiger partial charge is 0.221 e. The Morgan fingerprint density at radius 1 is 1.18 bits per heavy atom. The number of unbranched alkanes of at least 4 members (excludes halogenated alkanes) is 1. The second-order valence-corrected chi connectivity index (χ2v) is 5.24. The molecule has 0 atom stereocenters. The van der Waals surface area contributed by atoms with Gasteiger partial charge in [0.05, 0.1) is 6.61 Å². The number of carbonyl (C=O) groups excluding carboxylic acids is 1. The molecular weight excluding hydrogens is 216 g/mol. The maximum Gasteiger partial charge on any atom is 0.221 e. The molecule has 0 rings (SSSR count). The van der Waals surface area contributed by atoms with Crippen molar-refractivity contribution in [1.82, 2.24) is 10.6 Å². The number of ether oxygens (including phenoxy) is 1. The molecule has 0 aliphatic heterocycles. The second kappa shape index (κ2) is 9.42. The van der Waals surface area contributed by atoms with Crippen molar-refractivity contribution in [3.05, 3.63) is 0 Å². The Morgan fingerprint density at radius 3 is 2.47 bits per heavy atom. The molecule has 0 spiro atoms. The van der Waals surface area contributed by atoms with Crippen LogP contribution in [0.3, 0.4) is 0 Å². The number of hydrogen-bond donors (Lipinski definition) is 2. The van der Waals surface area contributed by atoms with E-state index < -0.39 is 0 Å².